The Morgan fingerprint density at radius 3 is 2.56 bits per heavy atom. The summed E-state index contributed by atoms with van der Waals surface area (Å²) in [5.41, 5.74) is 2.73. The molecule has 0 saturated heterocycles. The van der Waals surface area contributed by atoms with Crippen LogP contribution in [-0.2, 0) is 6.42 Å². The van der Waals surface area contributed by atoms with Gasteiger partial charge in [0, 0.05) is 17.9 Å². The number of hydrogen-bond donors (Lipinski definition) is 2. The number of carboxylic acid groups (broad SMARTS) is 1. The summed E-state index contributed by atoms with van der Waals surface area (Å²) in [7, 11) is 1.63. The van der Waals surface area contributed by atoms with E-state index in [-0.39, 0.29) is 11.6 Å². The van der Waals surface area contributed by atoms with Gasteiger partial charge in [0.25, 0.3) is 0 Å². The van der Waals surface area contributed by atoms with Crippen LogP contribution in [0.15, 0.2) is 42.5 Å². The van der Waals surface area contributed by atoms with Crippen molar-refractivity contribution in [3.8, 4) is 5.75 Å². The lowest BCUT2D eigenvalue weighted by Gasteiger charge is -2.23. The summed E-state index contributed by atoms with van der Waals surface area (Å²) in [5.74, 6) is -0.210. The number of hydrogen-bond acceptors (Lipinski definition) is 3. The van der Waals surface area contributed by atoms with Crippen LogP contribution in [0.2, 0.25) is 0 Å². The normalized spacial score (nSPS) is 13.6. The van der Waals surface area contributed by atoms with Crippen LogP contribution in [0.25, 0.3) is 0 Å². The first-order valence-electron chi connectivity index (χ1n) is 8.17. The molecule has 0 unspecified atom stereocenters. The van der Waals surface area contributed by atoms with Gasteiger partial charge in [0.15, 0.2) is 0 Å². The van der Waals surface area contributed by atoms with E-state index in [9.17, 15) is 9.59 Å². The zero-order valence-electron chi connectivity index (χ0n) is 14.0. The molecule has 6 heteroatoms. The molecule has 0 atom stereocenters. The number of aromatic carboxylic acids is 1. The number of benzene rings is 2. The van der Waals surface area contributed by atoms with Gasteiger partial charge in [-0.25, -0.2) is 9.59 Å². The van der Waals surface area contributed by atoms with Crippen molar-refractivity contribution < 1.29 is 19.4 Å². The van der Waals surface area contributed by atoms with Crippen LogP contribution in [0.3, 0.4) is 0 Å². The molecule has 2 aromatic carbocycles. The Balaban J connectivity index is 1.81. The van der Waals surface area contributed by atoms with Crippen molar-refractivity contribution in [3.63, 3.8) is 0 Å². The van der Waals surface area contributed by atoms with Crippen LogP contribution in [0.1, 0.15) is 28.8 Å². The van der Waals surface area contributed by atoms with E-state index in [2.05, 4.69) is 5.32 Å². The number of amides is 2. The lowest BCUT2D eigenvalue weighted by Crippen LogP contribution is -2.35. The SMILES string of the molecule is COc1ccc2c(c1)CCCCN2C(=O)Nc1ccc(C(=O)O)cc1. The van der Waals surface area contributed by atoms with Crippen molar-refractivity contribution in [2.45, 2.75) is 19.3 Å². The first-order valence-corrected chi connectivity index (χ1v) is 8.17. The first-order chi connectivity index (χ1) is 12.1. The van der Waals surface area contributed by atoms with Crippen molar-refractivity contribution in [2.24, 2.45) is 0 Å². The van der Waals surface area contributed by atoms with Crippen LogP contribution in [0.5, 0.6) is 5.75 Å². The minimum Gasteiger partial charge on any atom is -0.497 e. The van der Waals surface area contributed by atoms with E-state index in [4.69, 9.17) is 9.84 Å². The molecule has 0 saturated carbocycles. The Hall–Kier alpha value is -3.02. The molecule has 6 nitrogen and oxygen atoms in total. The molecule has 0 radical (unpaired) electrons. The van der Waals surface area contributed by atoms with E-state index >= 15 is 0 Å². The molecule has 0 bridgehead atoms. The van der Waals surface area contributed by atoms with Gasteiger partial charge in [-0.3, -0.25) is 4.90 Å². The molecule has 130 valence electrons. The monoisotopic (exact) mass is 340 g/mol. The van der Waals surface area contributed by atoms with Gasteiger partial charge in [0.05, 0.1) is 12.7 Å². The number of rotatable bonds is 3. The first kappa shape index (κ1) is 16.8. The van der Waals surface area contributed by atoms with E-state index in [0.29, 0.717) is 12.2 Å². The molecule has 1 aliphatic rings. The second-order valence-corrected chi connectivity index (χ2v) is 5.92. The Bertz CT molecular complexity index is 787. The maximum absolute atomic E-state index is 12.7. The predicted octanol–water partition coefficient (Wildman–Crippen LogP) is 3.77. The second kappa shape index (κ2) is 7.25. The highest BCUT2D eigenvalue weighted by Gasteiger charge is 2.21. The summed E-state index contributed by atoms with van der Waals surface area (Å²) in [6, 6.07) is 11.6. The number of urea groups is 1. The number of aryl methyl sites for hydroxylation is 1. The minimum absolute atomic E-state index is 0.185. The Morgan fingerprint density at radius 1 is 1.12 bits per heavy atom. The summed E-state index contributed by atoms with van der Waals surface area (Å²) in [4.78, 5) is 25.4. The van der Waals surface area contributed by atoms with Crippen molar-refractivity contribution in [3.05, 3.63) is 53.6 Å². The predicted molar refractivity (Wildman–Crippen MR) is 95.7 cm³/mol. The summed E-state index contributed by atoms with van der Waals surface area (Å²) in [6.45, 7) is 0.637. The van der Waals surface area contributed by atoms with Crippen molar-refractivity contribution in [2.75, 3.05) is 23.9 Å². The molecule has 1 heterocycles. The third-order valence-corrected chi connectivity index (χ3v) is 4.28. The van der Waals surface area contributed by atoms with Crippen molar-refractivity contribution >= 4 is 23.4 Å². The standard InChI is InChI=1S/C19H20N2O4/c1-25-16-9-10-17-14(12-16)4-2-3-11-21(17)19(24)20-15-7-5-13(6-8-15)18(22)23/h5-10,12H,2-4,11H2,1H3,(H,20,24)(H,22,23). The van der Waals surface area contributed by atoms with E-state index in [0.717, 1.165) is 36.3 Å². The fourth-order valence-electron chi connectivity index (χ4n) is 2.96. The quantitative estimate of drug-likeness (QED) is 0.891. The molecule has 0 fully saturated rings. The zero-order chi connectivity index (χ0) is 17.8. The molecule has 0 aromatic heterocycles. The third kappa shape index (κ3) is 3.74. The summed E-state index contributed by atoms with van der Waals surface area (Å²) < 4.78 is 5.28. The molecule has 2 N–H and O–H groups in total. The van der Waals surface area contributed by atoms with Crippen LogP contribution >= 0.6 is 0 Å². The van der Waals surface area contributed by atoms with E-state index in [1.54, 1.807) is 24.1 Å². The topological polar surface area (TPSA) is 78.9 Å². The fourth-order valence-corrected chi connectivity index (χ4v) is 2.96. The fraction of sp³-hybridized carbons (Fsp3) is 0.263. The maximum atomic E-state index is 12.7. The highest BCUT2D eigenvalue weighted by molar-refractivity contribution is 6.02. The summed E-state index contributed by atoms with van der Waals surface area (Å²) in [6.07, 6.45) is 2.84. The summed E-state index contributed by atoms with van der Waals surface area (Å²) >= 11 is 0. The van der Waals surface area contributed by atoms with Gasteiger partial charge < -0.3 is 15.2 Å². The average molecular weight is 340 g/mol. The molecule has 3 rings (SSSR count). The number of carbonyl (C=O) groups excluding carboxylic acids is 1. The van der Waals surface area contributed by atoms with Crippen LogP contribution in [0, 0.1) is 0 Å². The van der Waals surface area contributed by atoms with Gasteiger partial charge in [0.2, 0.25) is 0 Å². The minimum atomic E-state index is -0.992. The second-order valence-electron chi connectivity index (χ2n) is 5.92. The molecule has 0 aliphatic carbocycles. The van der Waals surface area contributed by atoms with Crippen molar-refractivity contribution in [1.29, 1.82) is 0 Å². The number of nitrogens with zero attached hydrogens (tertiary/aromatic N) is 1. The van der Waals surface area contributed by atoms with Gasteiger partial charge in [0.1, 0.15) is 5.75 Å². The van der Waals surface area contributed by atoms with Crippen LogP contribution < -0.4 is 15.0 Å². The number of methoxy groups -OCH3 is 1. The Morgan fingerprint density at radius 2 is 1.88 bits per heavy atom. The van der Waals surface area contributed by atoms with Gasteiger partial charge in [-0.05, 0) is 67.3 Å². The van der Waals surface area contributed by atoms with Crippen molar-refractivity contribution in [1.82, 2.24) is 0 Å². The van der Waals surface area contributed by atoms with Gasteiger partial charge in [-0.15, -0.1) is 0 Å². The molecule has 2 amide bonds. The molecule has 0 spiro atoms. The smallest absolute Gasteiger partial charge is 0.335 e. The number of carbonyl (C=O) groups is 2. The lowest BCUT2D eigenvalue weighted by atomic mass is 10.1. The Labute approximate surface area is 146 Å². The average Bonchev–Trinajstić information content (AvgIpc) is 2.83. The van der Waals surface area contributed by atoms with Gasteiger partial charge >= 0.3 is 12.0 Å². The molecule has 2 aromatic rings. The maximum Gasteiger partial charge on any atom is 0.335 e. The molecule has 1 aliphatic heterocycles. The number of ether oxygens (including phenoxy) is 1. The number of carboxylic acids is 1. The number of fused-ring (bicyclic) bond motifs is 1. The highest BCUT2D eigenvalue weighted by Crippen LogP contribution is 2.30. The van der Waals surface area contributed by atoms with E-state index < -0.39 is 5.97 Å². The van der Waals surface area contributed by atoms with Gasteiger partial charge in [-0.1, -0.05) is 0 Å². The van der Waals surface area contributed by atoms with Crippen LogP contribution in [0.4, 0.5) is 16.2 Å². The van der Waals surface area contributed by atoms with E-state index in [1.165, 1.54) is 12.1 Å². The Kier molecular flexibility index (Phi) is 4.88. The van der Waals surface area contributed by atoms with Crippen LogP contribution in [-0.4, -0.2) is 30.8 Å². The largest absolute Gasteiger partial charge is 0.497 e. The summed E-state index contributed by atoms with van der Waals surface area (Å²) in [5, 5.41) is 11.8. The highest BCUT2D eigenvalue weighted by atomic mass is 16.5. The van der Waals surface area contributed by atoms with E-state index in [1.807, 2.05) is 18.2 Å². The number of anilines is 2. The zero-order valence-corrected chi connectivity index (χ0v) is 14.0. The number of nitrogens with one attached hydrogen (secondary N) is 1. The third-order valence-electron chi connectivity index (χ3n) is 4.28. The molecular formula is C19H20N2O4. The molecular weight excluding hydrogens is 320 g/mol. The molecule has 25 heavy (non-hydrogen) atoms. The lowest BCUT2D eigenvalue weighted by molar-refractivity contribution is 0.0697. The van der Waals surface area contributed by atoms with Gasteiger partial charge in [-0.2, -0.15) is 0 Å².